The Morgan fingerprint density at radius 3 is 2.57 bits per heavy atom. The van der Waals surface area contributed by atoms with Crippen LogP contribution in [0.1, 0.15) is 25.3 Å². The first-order valence-electron chi connectivity index (χ1n) is 7.16. The molecule has 1 aromatic rings. The summed E-state index contributed by atoms with van der Waals surface area (Å²) in [5.41, 5.74) is 1.06. The van der Waals surface area contributed by atoms with Crippen molar-refractivity contribution in [2.75, 3.05) is 19.6 Å². The van der Waals surface area contributed by atoms with E-state index in [1.54, 1.807) is 6.07 Å². The van der Waals surface area contributed by atoms with Crippen molar-refractivity contribution in [1.29, 1.82) is 0 Å². The number of amides is 1. The third kappa shape index (κ3) is 4.50. The summed E-state index contributed by atoms with van der Waals surface area (Å²) in [4.78, 5) is 14.9. The Morgan fingerprint density at radius 2 is 2.05 bits per heavy atom. The molecule has 1 aromatic carbocycles. The van der Waals surface area contributed by atoms with E-state index in [1.165, 1.54) is 4.90 Å². The largest absolute Gasteiger partial charge is 0.465 e. The van der Waals surface area contributed by atoms with E-state index in [1.807, 2.05) is 12.1 Å². The summed E-state index contributed by atoms with van der Waals surface area (Å²) < 4.78 is 0. The predicted octanol–water partition coefficient (Wildman–Crippen LogP) is 3.96. The average Bonchev–Trinajstić information content (AvgIpc) is 2.86. The second-order valence-electron chi connectivity index (χ2n) is 5.42. The van der Waals surface area contributed by atoms with Crippen molar-refractivity contribution in [2.24, 2.45) is 0 Å². The maximum Gasteiger partial charge on any atom is 0.407 e. The third-order valence-electron chi connectivity index (χ3n) is 3.77. The van der Waals surface area contributed by atoms with Crippen LogP contribution >= 0.6 is 23.2 Å². The highest BCUT2D eigenvalue weighted by atomic mass is 35.5. The smallest absolute Gasteiger partial charge is 0.407 e. The summed E-state index contributed by atoms with van der Waals surface area (Å²) in [6, 6.07) is 5.82. The minimum Gasteiger partial charge on any atom is -0.465 e. The molecule has 0 spiro atoms. The zero-order valence-electron chi connectivity index (χ0n) is 12.1. The lowest BCUT2D eigenvalue weighted by Gasteiger charge is -2.28. The van der Waals surface area contributed by atoms with Gasteiger partial charge in [-0.15, -0.1) is 0 Å². The minimum absolute atomic E-state index is 0.263. The first-order chi connectivity index (χ1) is 9.99. The molecule has 6 heteroatoms. The Kier molecular flexibility index (Phi) is 5.73. The van der Waals surface area contributed by atoms with Crippen LogP contribution in [0.5, 0.6) is 0 Å². The number of rotatable bonds is 5. The van der Waals surface area contributed by atoms with Gasteiger partial charge in [0.15, 0.2) is 0 Å². The number of hydrogen-bond donors (Lipinski definition) is 1. The van der Waals surface area contributed by atoms with E-state index >= 15 is 0 Å². The summed E-state index contributed by atoms with van der Waals surface area (Å²) in [6.45, 7) is 4.98. The first-order valence-corrected chi connectivity index (χ1v) is 7.92. The average molecular weight is 331 g/mol. The fourth-order valence-electron chi connectivity index (χ4n) is 2.83. The van der Waals surface area contributed by atoms with Crippen LogP contribution < -0.4 is 0 Å². The van der Waals surface area contributed by atoms with Crippen molar-refractivity contribution in [3.8, 4) is 0 Å². The quantitative estimate of drug-likeness (QED) is 0.888. The fraction of sp³-hybridized carbons (Fsp3) is 0.533. The second kappa shape index (κ2) is 7.34. The monoisotopic (exact) mass is 330 g/mol. The molecular weight excluding hydrogens is 311 g/mol. The summed E-state index contributed by atoms with van der Waals surface area (Å²) in [5, 5.41) is 10.3. The first kappa shape index (κ1) is 16.4. The molecule has 116 valence electrons. The van der Waals surface area contributed by atoms with Gasteiger partial charge in [0, 0.05) is 35.7 Å². The summed E-state index contributed by atoms with van der Waals surface area (Å²) >= 11 is 12.1. The minimum atomic E-state index is -0.834. The lowest BCUT2D eigenvalue weighted by Crippen LogP contribution is -2.38. The molecule has 0 bridgehead atoms. The van der Waals surface area contributed by atoms with Gasteiger partial charge in [-0.2, -0.15) is 0 Å². The second-order valence-corrected chi connectivity index (χ2v) is 6.29. The molecule has 4 nitrogen and oxygen atoms in total. The lowest BCUT2D eigenvalue weighted by molar-refractivity contribution is 0.145. The van der Waals surface area contributed by atoms with E-state index in [0.717, 1.165) is 31.5 Å². The molecule has 0 saturated carbocycles. The molecule has 1 N–H and O–H groups in total. The standard InChI is InChI=1S/C15H20Cl2N2O2/c1-2-4-18(14-3-5-19(10-14)15(20)21)9-11-6-12(16)8-13(17)7-11/h6-8,14H,2-5,9-10H2,1H3,(H,20,21)/t14-/m0/s1. The molecule has 21 heavy (non-hydrogen) atoms. The van der Waals surface area contributed by atoms with E-state index in [-0.39, 0.29) is 6.04 Å². The number of carbonyl (C=O) groups is 1. The van der Waals surface area contributed by atoms with Gasteiger partial charge in [0.1, 0.15) is 0 Å². The third-order valence-corrected chi connectivity index (χ3v) is 4.21. The molecule has 1 aliphatic rings. The molecule has 1 aliphatic heterocycles. The molecule has 0 radical (unpaired) electrons. The lowest BCUT2D eigenvalue weighted by atomic mass is 10.1. The van der Waals surface area contributed by atoms with Crippen molar-refractivity contribution in [3.63, 3.8) is 0 Å². The molecule has 0 unspecified atom stereocenters. The number of hydrogen-bond acceptors (Lipinski definition) is 2. The topological polar surface area (TPSA) is 43.8 Å². The van der Waals surface area contributed by atoms with Crippen molar-refractivity contribution >= 4 is 29.3 Å². The van der Waals surface area contributed by atoms with E-state index < -0.39 is 6.09 Å². The van der Waals surface area contributed by atoms with Crippen molar-refractivity contribution < 1.29 is 9.90 Å². The van der Waals surface area contributed by atoms with Crippen molar-refractivity contribution in [1.82, 2.24) is 9.80 Å². The molecule has 1 atom stereocenters. The highest BCUT2D eigenvalue weighted by molar-refractivity contribution is 6.34. The Labute approximate surface area is 135 Å². The van der Waals surface area contributed by atoms with Crippen LogP contribution in [0.4, 0.5) is 4.79 Å². The molecule has 2 rings (SSSR count). The van der Waals surface area contributed by atoms with Gasteiger partial charge in [-0.05, 0) is 43.1 Å². The van der Waals surface area contributed by atoms with Crippen molar-refractivity contribution in [3.05, 3.63) is 33.8 Å². The predicted molar refractivity (Wildman–Crippen MR) is 85.2 cm³/mol. The molecule has 1 amide bonds. The van der Waals surface area contributed by atoms with Crippen molar-refractivity contribution in [2.45, 2.75) is 32.4 Å². The zero-order chi connectivity index (χ0) is 15.4. The van der Waals surface area contributed by atoms with Gasteiger partial charge in [-0.1, -0.05) is 30.1 Å². The number of halogens is 2. The van der Waals surface area contributed by atoms with Crippen LogP contribution in [0.2, 0.25) is 10.0 Å². The molecular formula is C15H20Cl2N2O2. The number of benzene rings is 1. The van der Waals surface area contributed by atoms with Gasteiger partial charge in [-0.3, -0.25) is 4.90 Å². The maximum absolute atomic E-state index is 11.0. The van der Waals surface area contributed by atoms with E-state index in [4.69, 9.17) is 28.3 Å². The van der Waals surface area contributed by atoms with E-state index in [0.29, 0.717) is 23.1 Å². The molecule has 0 aromatic heterocycles. The van der Waals surface area contributed by atoms with Crippen LogP contribution in [-0.2, 0) is 6.54 Å². The van der Waals surface area contributed by atoms with Crippen LogP contribution in [-0.4, -0.2) is 46.7 Å². The van der Waals surface area contributed by atoms with Gasteiger partial charge in [-0.25, -0.2) is 4.79 Å². The Balaban J connectivity index is 2.07. The van der Waals surface area contributed by atoms with Gasteiger partial charge in [0.05, 0.1) is 0 Å². The Morgan fingerprint density at radius 1 is 1.38 bits per heavy atom. The molecule has 1 saturated heterocycles. The maximum atomic E-state index is 11.0. The van der Waals surface area contributed by atoms with Gasteiger partial charge < -0.3 is 10.0 Å². The molecule has 1 fully saturated rings. The van der Waals surface area contributed by atoms with Crippen LogP contribution in [0.15, 0.2) is 18.2 Å². The molecule has 1 heterocycles. The van der Waals surface area contributed by atoms with Gasteiger partial charge in [0.2, 0.25) is 0 Å². The number of carboxylic acid groups (broad SMARTS) is 1. The van der Waals surface area contributed by atoms with Gasteiger partial charge in [0.25, 0.3) is 0 Å². The fourth-order valence-corrected chi connectivity index (χ4v) is 3.40. The highest BCUT2D eigenvalue weighted by Crippen LogP contribution is 2.23. The summed E-state index contributed by atoms with van der Waals surface area (Å²) in [6.07, 6.45) is 1.07. The summed E-state index contributed by atoms with van der Waals surface area (Å²) in [7, 11) is 0. The zero-order valence-corrected chi connectivity index (χ0v) is 13.6. The Bertz CT molecular complexity index is 490. The molecule has 0 aliphatic carbocycles. The van der Waals surface area contributed by atoms with Crippen LogP contribution in [0.25, 0.3) is 0 Å². The SMILES string of the molecule is CCCN(Cc1cc(Cl)cc(Cl)c1)[C@H]1CCN(C(=O)O)C1. The summed E-state index contributed by atoms with van der Waals surface area (Å²) in [5.74, 6) is 0. The van der Waals surface area contributed by atoms with E-state index in [9.17, 15) is 4.79 Å². The van der Waals surface area contributed by atoms with Crippen LogP contribution in [0.3, 0.4) is 0 Å². The number of nitrogens with zero attached hydrogens (tertiary/aromatic N) is 2. The normalized spacial score (nSPS) is 18.5. The van der Waals surface area contributed by atoms with E-state index in [2.05, 4.69) is 11.8 Å². The van der Waals surface area contributed by atoms with Crippen LogP contribution in [0, 0.1) is 0 Å². The highest BCUT2D eigenvalue weighted by Gasteiger charge is 2.29. The number of likely N-dealkylation sites (tertiary alicyclic amines) is 1. The van der Waals surface area contributed by atoms with Gasteiger partial charge >= 0.3 is 6.09 Å². The Hall–Kier alpha value is -0.970.